The Morgan fingerprint density at radius 3 is 2.45 bits per heavy atom. The Bertz CT molecular complexity index is 1340. The van der Waals surface area contributed by atoms with Crippen molar-refractivity contribution in [3.63, 3.8) is 0 Å². The molecule has 9 heteroatoms. The van der Waals surface area contributed by atoms with Gasteiger partial charge in [-0.15, -0.1) is 10.2 Å². The number of aromatic nitrogens is 4. The Kier molecular flexibility index (Phi) is 6.32. The number of rotatable bonds is 8. The van der Waals surface area contributed by atoms with Crippen LogP contribution >= 0.6 is 23.1 Å². The van der Waals surface area contributed by atoms with E-state index in [9.17, 15) is 4.79 Å². The molecule has 0 fully saturated rings. The van der Waals surface area contributed by atoms with E-state index in [1.807, 2.05) is 89.5 Å². The number of hydrogen-bond donors (Lipinski definition) is 1. The molecule has 5 aromatic rings. The standard InChI is InChI=1S/C24H19N5O2S2/c30-22(26-23-25-19-13-7-8-14-20(19)33-23)16-32-24-28-27-21(15-31-18-11-5-2-6-12-18)29(24)17-9-3-1-4-10-17/h1-14H,15-16H2,(H,25,26,30). The predicted octanol–water partition coefficient (Wildman–Crippen LogP) is 5.19. The van der Waals surface area contributed by atoms with Gasteiger partial charge in [0.2, 0.25) is 5.91 Å². The minimum Gasteiger partial charge on any atom is -0.486 e. The third-order valence-electron chi connectivity index (χ3n) is 4.70. The first-order chi connectivity index (χ1) is 16.3. The molecule has 0 radical (unpaired) electrons. The molecule has 0 aliphatic heterocycles. The second-order valence-electron chi connectivity index (χ2n) is 7.00. The maximum absolute atomic E-state index is 12.6. The number of benzene rings is 3. The topological polar surface area (TPSA) is 81.9 Å². The molecule has 2 aromatic heterocycles. The zero-order valence-electron chi connectivity index (χ0n) is 17.4. The largest absolute Gasteiger partial charge is 0.486 e. The summed E-state index contributed by atoms with van der Waals surface area (Å²) in [6.07, 6.45) is 0. The minimum atomic E-state index is -0.149. The summed E-state index contributed by atoms with van der Waals surface area (Å²) in [5.74, 6) is 1.44. The van der Waals surface area contributed by atoms with E-state index >= 15 is 0 Å². The number of nitrogens with zero attached hydrogens (tertiary/aromatic N) is 4. The number of ether oxygens (including phenoxy) is 1. The fraction of sp³-hybridized carbons (Fsp3) is 0.0833. The van der Waals surface area contributed by atoms with Crippen molar-refractivity contribution in [2.75, 3.05) is 11.1 Å². The molecule has 0 saturated carbocycles. The molecule has 3 aromatic carbocycles. The Balaban J connectivity index is 1.30. The molecule has 0 atom stereocenters. The first-order valence-electron chi connectivity index (χ1n) is 10.2. The first kappa shape index (κ1) is 21.2. The summed E-state index contributed by atoms with van der Waals surface area (Å²) in [5, 5.41) is 12.7. The van der Waals surface area contributed by atoms with Gasteiger partial charge in [0.25, 0.3) is 0 Å². The van der Waals surface area contributed by atoms with Crippen LogP contribution in [-0.2, 0) is 11.4 Å². The summed E-state index contributed by atoms with van der Waals surface area (Å²) in [6.45, 7) is 0.254. The van der Waals surface area contributed by atoms with Crippen molar-refractivity contribution < 1.29 is 9.53 Å². The van der Waals surface area contributed by atoms with Gasteiger partial charge in [0.05, 0.1) is 16.0 Å². The summed E-state index contributed by atoms with van der Waals surface area (Å²) >= 11 is 2.77. The van der Waals surface area contributed by atoms with Crippen molar-refractivity contribution >= 4 is 44.4 Å². The zero-order chi connectivity index (χ0) is 22.5. The van der Waals surface area contributed by atoms with Gasteiger partial charge in [0, 0.05) is 5.69 Å². The van der Waals surface area contributed by atoms with Crippen molar-refractivity contribution in [1.29, 1.82) is 0 Å². The van der Waals surface area contributed by atoms with Crippen LogP contribution in [0.3, 0.4) is 0 Å². The highest BCUT2D eigenvalue weighted by Crippen LogP contribution is 2.27. The number of anilines is 1. The Hall–Kier alpha value is -3.69. The Morgan fingerprint density at radius 2 is 1.67 bits per heavy atom. The molecule has 1 amide bonds. The highest BCUT2D eigenvalue weighted by atomic mass is 32.2. The van der Waals surface area contributed by atoms with Crippen LogP contribution < -0.4 is 10.1 Å². The van der Waals surface area contributed by atoms with Gasteiger partial charge in [-0.1, -0.05) is 71.6 Å². The van der Waals surface area contributed by atoms with Crippen LogP contribution in [-0.4, -0.2) is 31.4 Å². The number of para-hydroxylation sites is 3. The van der Waals surface area contributed by atoms with Crippen LogP contribution in [0, 0.1) is 0 Å². The molecule has 164 valence electrons. The number of amides is 1. The molecular formula is C24H19N5O2S2. The van der Waals surface area contributed by atoms with Crippen molar-refractivity contribution in [3.8, 4) is 11.4 Å². The monoisotopic (exact) mass is 473 g/mol. The van der Waals surface area contributed by atoms with Crippen molar-refractivity contribution in [2.45, 2.75) is 11.8 Å². The molecule has 0 unspecified atom stereocenters. The van der Waals surface area contributed by atoms with E-state index in [0.717, 1.165) is 21.7 Å². The van der Waals surface area contributed by atoms with Gasteiger partial charge in [-0.2, -0.15) is 0 Å². The average Bonchev–Trinajstić information content (AvgIpc) is 3.46. The smallest absolute Gasteiger partial charge is 0.236 e. The Morgan fingerprint density at radius 1 is 0.939 bits per heavy atom. The first-order valence-corrected chi connectivity index (χ1v) is 12.0. The van der Waals surface area contributed by atoms with Gasteiger partial charge in [-0.3, -0.25) is 9.36 Å². The maximum atomic E-state index is 12.6. The van der Waals surface area contributed by atoms with Crippen LogP contribution in [0.25, 0.3) is 15.9 Å². The van der Waals surface area contributed by atoms with E-state index in [0.29, 0.717) is 16.1 Å². The minimum absolute atomic E-state index is 0.149. The van der Waals surface area contributed by atoms with Gasteiger partial charge in [-0.25, -0.2) is 4.98 Å². The molecule has 0 bridgehead atoms. The number of hydrogen-bond acceptors (Lipinski definition) is 7. The lowest BCUT2D eigenvalue weighted by molar-refractivity contribution is -0.113. The lowest BCUT2D eigenvalue weighted by Gasteiger charge is -2.11. The van der Waals surface area contributed by atoms with Crippen molar-refractivity contribution in [1.82, 2.24) is 19.7 Å². The lowest BCUT2D eigenvalue weighted by atomic mass is 10.3. The van der Waals surface area contributed by atoms with Crippen LogP contribution in [0.5, 0.6) is 5.75 Å². The number of carbonyl (C=O) groups excluding carboxylic acids is 1. The number of fused-ring (bicyclic) bond motifs is 1. The highest BCUT2D eigenvalue weighted by Gasteiger charge is 2.17. The highest BCUT2D eigenvalue weighted by molar-refractivity contribution is 7.99. The summed E-state index contributed by atoms with van der Waals surface area (Å²) in [5.41, 5.74) is 1.78. The van der Waals surface area contributed by atoms with Crippen molar-refractivity contribution in [2.24, 2.45) is 0 Å². The van der Waals surface area contributed by atoms with Crippen LogP contribution in [0.15, 0.2) is 90.1 Å². The number of carbonyl (C=O) groups is 1. The predicted molar refractivity (Wildman–Crippen MR) is 131 cm³/mol. The van der Waals surface area contributed by atoms with Crippen LogP contribution in [0.1, 0.15) is 5.82 Å². The van der Waals surface area contributed by atoms with Crippen LogP contribution in [0.4, 0.5) is 5.13 Å². The molecule has 1 N–H and O–H groups in total. The summed E-state index contributed by atoms with van der Waals surface area (Å²) < 4.78 is 8.83. The third-order valence-corrected chi connectivity index (χ3v) is 6.58. The molecule has 7 nitrogen and oxygen atoms in total. The molecule has 5 rings (SSSR count). The molecule has 0 spiro atoms. The van der Waals surface area contributed by atoms with E-state index in [1.54, 1.807) is 0 Å². The average molecular weight is 474 g/mol. The maximum Gasteiger partial charge on any atom is 0.236 e. The van der Waals surface area contributed by atoms with Crippen molar-refractivity contribution in [3.05, 3.63) is 90.8 Å². The van der Waals surface area contributed by atoms with Gasteiger partial charge in [-0.05, 0) is 36.4 Å². The van der Waals surface area contributed by atoms with Crippen LogP contribution in [0.2, 0.25) is 0 Å². The van der Waals surface area contributed by atoms with E-state index in [1.165, 1.54) is 23.1 Å². The number of thioether (sulfide) groups is 1. The van der Waals surface area contributed by atoms with Gasteiger partial charge in [0.15, 0.2) is 16.1 Å². The zero-order valence-corrected chi connectivity index (χ0v) is 19.1. The number of nitrogens with one attached hydrogen (secondary N) is 1. The fourth-order valence-electron chi connectivity index (χ4n) is 3.20. The van der Waals surface area contributed by atoms with E-state index in [4.69, 9.17) is 4.74 Å². The second kappa shape index (κ2) is 9.85. The van der Waals surface area contributed by atoms with Gasteiger partial charge >= 0.3 is 0 Å². The summed E-state index contributed by atoms with van der Waals surface area (Å²) in [7, 11) is 0. The summed E-state index contributed by atoms with van der Waals surface area (Å²) in [4.78, 5) is 17.0. The molecule has 0 aliphatic carbocycles. The lowest BCUT2D eigenvalue weighted by Crippen LogP contribution is -2.14. The number of thiazole rings is 1. The van der Waals surface area contributed by atoms with E-state index in [-0.39, 0.29) is 18.3 Å². The van der Waals surface area contributed by atoms with Gasteiger partial charge < -0.3 is 10.1 Å². The second-order valence-corrected chi connectivity index (χ2v) is 8.97. The third kappa shape index (κ3) is 5.05. The quantitative estimate of drug-likeness (QED) is 0.313. The molecular weight excluding hydrogens is 454 g/mol. The molecule has 0 saturated heterocycles. The molecule has 0 aliphatic rings. The Labute approximate surface area is 198 Å². The summed E-state index contributed by atoms with van der Waals surface area (Å²) in [6, 6.07) is 27.2. The fourth-order valence-corrected chi connectivity index (χ4v) is 4.85. The van der Waals surface area contributed by atoms with E-state index < -0.39 is 0 Å². The molecule has 33 heavy (non-hydrogen) atoms. The van der Waals surface area contributed by atoms with Gasteiger partial charge in [0.1, 0.15) is 12.4 Å². The normalized spacial score (nSPS) is 10.9. The SMILES string of the molecule is O=C(CSc1nnc(COc2ccccc2)n1-c1ccccc1)Nc1nc2ccccc2s1. The molecule has 2 heterocycles. The van der Waals surface area contributed by atoms with E-state index in [2.05, 4.69) is 20.5 Å².